The second kappa shape index (κ2) is 6.00. The van der Waals surface area contributed by atoms with Crippen molar-refractivity contribution in [2.45, 2.75) is 6.92 Å². The van der Waals surface area contributed by atoms with Gasteiger partial charge in [-0.3, -0.25) is 24.9 Å². The lowest BCUT2D eigenvalue weighted by atomic mass is 10.1. The Hall–Kier alpha value is -3.41. The van der Waals surface area contributed by atoms with Crippen molar-refractivity contribution in [1.82, 2.24) is 9.88 Å². The first kappa shape index (κ1) is 15.5. The van der Waals surface area contributed by atoms with Crippen molar-refractivity contribution in [2.24, 2.45) is 5.73 Å². The van der Waals surface area contributed by atoms with Crippen molar-refractivity contribution in [2.75, 3.05) is 0 Å². The minimum Gasteiger partial charge on any atom is -0.370 e. The highest BCUT2D eigenvalue weighted by Gasteiger charge is 2.15. The average Bonchev–Trinajstić information content (AvgIpc) is 2.56. The van der Waals surface area contributed by atoms with Crippen LogP contribution in [0.4, 0.5) is 0 Å². The minimum atomic E-state index is -0.528. The molecule has 120 valence electrons. The zero-order valence-electron chi connectivity index (χ0n) is 13.0. The Balaban J connectivity index is 2.29. The van der Waals surface area contributed by atoms with Gasteiger partial charge in [0.15, 0.2) is 5.96 Å². The Morgan fingerprint density at radius 3 is 2.33 bits per heavy atom. The second-order valence-corrected chi connectivity index (χ2v) is 5.47. The van der Waals surface area contributed by atoms with Crippen LogP contribution in [0, 0.1) is 12.3 Å². The summed E-state index contributed by atoms with van der Waals surface area (Å²) < 4.78 is 1.43. The highest BCUT2D eigenvalue weighted by molar-refractivity contribution is 6.11. The number of rotatable bonds is 2. The van der Waals surface area contributed by atoms with Crippen molar-refractivity contribution in [3.63, 3.8) is 0 Å². The van der Waals surface area contributed by atoms with E-state index in [-0.39, 0.29) is 11.1 Å². The van der Waals surface area contributed by atoms with Gasteiger partial charge in [-0.1, -0.05) is 35.9 Å². The number of nitrogens with zero attached hydrogens (tertiary/aromatic N) is 1. The van der Waals surface area contributed by atoms with Gasteiger partial charge in [-0.25, -0.2) is 0 Å². The molecule has 0 aliphatic rings. The van der Waals surface area contributed by atoms with Crippen LogP contribution in [0.1, 0.15) is 15.9 Å². The van der Waals surface area contributed by atoms with Crippen LogP contribution < -0.4 is 16.6 Å². The molecule has 1 aromatic heterocycles. The molecule has 0 spiro atoms. The summed E-state index contributed by atoms with van der Waals surface area (Å²) in [5, 5.41) is 10.5. The lowest BCUT2D eigenvalue weighted by molar-refractivity contribution is 0.0977. The number of nitrogens with one attached hydrogen (secondary N) is 2. The maximum Gasteiger partial charge on any atom is 0.262 e. The van der Waals surface area contributed by atoms with E-state index in [1.807, 2.05) is 31.2 Å². The van der Waals surface area contributed by atoms with Crippen molar-refractivity contribution in [3.05, 3.63) is 76.2 Å². The smallest absolute Gasteiger partial charge is 0.262 e. The predicted octanol–water partition coefficient (Wildman–Crippen LogP) is 1.92. The number of carbonyl (C=O) groups is 1. The number of pyridine rings is 1. The summed E-state index contributed by atoms with van der Waals surface area (Å²) in [7, 11) is 0. The first-order valence-corrected chi connectivity index (χ1v) is 7.34. The molecule has 0 aliphatic heterocycles. The number of aromatic nitrogens is 1. The molecule has 3 aromatic rings. The predicted molar refractivity (Wildman–Crippen MR) is 93.7 cm³/mol. The molecule has 3 rings (SSSR count). The molecule has 4 N–H and O–H groups in total. The van der Waals surface area contributed by atoms with Gasteiger partial charge < -0.3 is 5.73 Å². The number of aryl methyl sites for hydroxylation is 1. The molecule has 6 heteroatoms. The molecule has 24 heavy (non-hydrogen) atoms. The Bertz CT molecular complexity index is 1000. The summed E-state index contributed by atoms with van der Waals surface area (Å²) in [6.07, 6.45) is 1.48. The molecule has 0 unspecified atom stereocenters. The lowest BCUT2D eigenvalue weighted by Gasteiger charge is -2.12. The van der Waals surface area contributed by atoms with Crippen LogP contribution in [0.25, 0.3) is 16.5 Å². The zero-order valence-corrected chi connectivity index (χ0v) is 13.0. The fourth-order valence-corrected chi connectivity index (χ4v) is 2.56. The summed E-state index contributed by atoms with van der Waals surface area (Å²) in [5.41, 5.74) is 7.05. The molecule has 1 amide bonds. The maximum atomic E-state index is 12.8. The van der Waals surface area contributed by atoms with E-state index in [2.05, 4.69) is 5.32 Å². The van der Waals surface area contributed by atoms with Crippen molar-refractivity contribution in [3.8, 4) is 5.69 Å². The van der Waals surface area contributed by atoms with Crippen LogP contribution in [0.5, 0.6) is 0 Å². The van der Waals surface area contributed by atoms with Gasteiger partial charge in [0.1, 0.15) is 0 Å². The topological polar surface area (TPSA) is 101 Å². The first-order chi connectivity index (χ1) is 11.5. The fraction of sp³-hybridized carbons (Fsp3) is 0.0556. The molecular formula is C18H16N4O2. The largest absolute Gasteiger partial charge is 0.370 e. The van der Waals surface area contributed by atoms with Gasteiger partial charge in [0.2, 0.25) is 0 Å². The van der Waals surface area contributed by atoms with E-state index in [9.17, 15) is 9.59 Å². The monoisotopic (exact) mass is 320 g/mol. The van der Waals surface area contributed by atoms with Gasteiger partial charge in [0.25, 0.3) is 11.5 Å². The van der Waals surface area contributed by atoms with Gasteiger partial charge in [0, 0.05) is 22.7 Å². The fourth-order valence-electron chi connectivity index (χ4n) is 2.56. The van der Waals surface area contributed by atoms with Crippen molar-refractivity contribution in [1.29, 1.82) is 5.41 Å². The first-order valence-electron chi connectivity index (χ1n) is 7.34. The molecule has 0 fully saturated rings. The van der Waals surface area contributed by atoms with Gasteiger partial charge >= 0.3 is 0 Å². The molecule has 1 heterocycles. The number of guanidine groups is 1. The van der Waals surface area contributed by atoms with E-state index in [1.54, 1.807) is 24.3 Å². The molecule has 0 atom stereocenters. The van der Waals surface area contributed by atoms with E-state index in [0.717, 1.165) is 5.56 Å². The second-order valence-electron chi connectivity index (χ2n) is 5.47. The van der Waals surface area contributed by atoms with Crippen LogP contribution in [0.15, 0.2) is 59.5 Å². The Morgan fingerprint density at radius 1 is 1.08 bits per heavy atom. The third-order valence-electron chi connectivity index (χ3n) is 3.73. The highest BCUT2D eigenvalue weighted by Crippen LogP contribution is 2.18. The molecule has 6 nitrogen and oxygen atoms in total. The number of benzene rings is 2. The van der Waals surface area contributed by atoms with Crippen LogP contribution in [-0.4, -0.2) is 16.4 Å². The van der Waals surface area contributed by atoms with Crippen LogP contribution in [-0.2, 0) is 0 Å². The Labute approximate surface area is 138 Å². The van der Waals surface area contributed by atoms with E-state index in [0.29, 0.717) is 16.5 Å². The molecule has 0 saturated carbocycles. The lowest BCUT2D eigenvalue weighted by Crippen LogP contribution is -2.36. The summed E-state index contributed by atoms with van der Waals surface area (Å²) in [4.78, 5) is 25.1. The SMILES string of the molecule is Cc1ccc(-n2cc(C(=O)NC(=N)N)c3ccccc3c2=O)cc1. The molecule has 0 bridgehead atoms. The number of nitrogens with two attached hydrogens (primary N) is 1. The van der Waals surface area contributed by atoms with Gasteiger partial charge in [-0.2, -0.15) is 0 Å². The van der Waals surface area contributed by atoms with E-state index < -0.39 is 11.9 Å². The standard InChI is InChI=1S/C18H16N4O2/c1-11-6-8-12(9-7-11)22-10-15(16(23)21-18(19)20)13-4-2-3-5-14(13)17(22)24/h2-10H,1H3,(H4,19,20,21,23). The van der Waals surface area contributed by atoms with E-state index >= 15 is 0 Å². The Kier molecular flexibility index (Phi) is 3.87. The summed E-state index contributed by atoms with van der Waals surface area (Å²) in [6.45, 7) is 1.96. The number of carbonyl (C=O) groups excluding carboxylic acids is 1. The summed E-state index contributed by atoms with van der Waals surface area (Å²) >= 11 is 0. The summed E-state index contributed by atoms with van der Waals surface area (Å²) in [5.74, 6) is -0.975. The van der Waals surface area contributed by atoms with E-state index in [1.165, 1.54) is 10.8 Å². The number of hydrogen-bond acceptors (Lipinski definition) is 3. The normalized spacial score (nSPS) is 10.5. The molecular weight excluding hydrogens is 304 g/mol. The van der Waals surface area contributed by atoms with Gasteiger partial charge in [-0.05, 0) is 25.1 Å². The minimum absolute atomic E-state index is 0.214. The summed E-state index contributed by atoms with van der Waals surface area (Å²) in [6, 6.07) is 14.3. The van der Waals surface area contributed by atoms with Crippen molar-refractivity contribution >= 4 is 22.6 Å². The van der Waals surface area contributed by atoms with Gasteiger partial charge in [0.05, 0.1) is 5.56 Å². The van der Waals surface area contributed by atoms with Crippen molar-refractivity contribution < 1.29 is 4.79 Å². The van der Waals surface area contributed by atoms with E-state index in [4.69, 9.17) is 11.1 Å². The maximum absolute atomic E-state index is 12.8. The molecule has 0 radical (unpaired) electrons. The van der Waals surface area contributed by atoms with Crippen LogP contribution in [0.3, 0.4) is 0 Å². The number of amides is 1. The molecule has 0 saturated heterocycles. The molecule has 2 aromatic carbocycles. The van der Waals surface area contributed by atoms with Crippen LogP contribution in [0.2, 0.25) is 0 Å². The average molecular weight is 320 g/mol. The Morgan fingerprint density at radius 2 is 1.71 bits per heavy atom. The zero-order chi connectivity index (χ0) is 17.3. The van der Waals surface area contributed by atoms with Gasteiger partial charge in [-0.15, -0.1) is 0 Å². The van der Waals surface area contributed by atoms with Crippen LogP contribution >= 0.6 is 0 Å². The quantitative estimate of drug-likeness (QED) is 0.496. The molecule has 0 aliphatic carbocycles. The number of hydrogen-bond donors (Lipinski definition) is 3. The number of fused-ring (bicyclic) bond motifs is 1. The third kappa shape index (κ3) is 2.77. The highest BCUT2D eigenvalue weighted by atomic mass is 16.2. The third-order valence-corrected chi connectivity index (χ3v) is 3.73.